The van der Waals surface area contributed by atoms with Crippen molar-refractivity contribution in [1.29, 1.82) is 0 Å². The zero-order valence-electron chi connectivity index (χ0n) is 18.5. The van der Waals surface area contributed by atoms with Crippen LogP contribution >= 0.6 is 11.6 Å². The van der Waals surface area contributed by atoms with Gasteiger partial charge in [0.1, 0.15) is 18.0 Å². The van der Waals surface area contributed by atoms with E-state index in [0.717, 1.165) is 11.3 Å². The van der Waals surface area contributed by atoms with Crippen LogP contribution in [0.3, 0.4) is 0 Å². The molecule has 3 heterocycles. The molecule has 0 spiro atoms. The molecule has 170 valence electrons. The summed E-state index contributed by atoms with van der Waals surface area (Å²) in [5.41, 5.74) is 4.14. The number of amides is 1. The lowest BCUT2D eigenvalue weighted by molar-refractivity contribution is 0.102. The Morgan fingerprint density at radius 3 is 2.62 bits per heavy atom. The van der Waals surface area contributed by atoms with E-state index in [1.54, 1.807) is 23.9 Å². The van der Waals surface area contributed by atoms with E-state index in [1.165, 1.54) is 34.8 Å². The molecule has 0 aliphatic carbocycles. The SMILES string of the molecule is Cc1cc(NC(=O)c2c(F)cccc2Cl)n(-c2ncnc3c2cnn3-c2ccc(C)c(C)c2)n1. The first-order valence-electron chi connectivity index (χ1n) is 10.4. The zero-order chi connectivity index (χ0) is 24.0. The van der Waals surface area contributed by atoms with Gasteiger partial charge in [-0.15, -0.1) is 0 Å². The normalized spacial score (nSPS) is 11.2. The first kappa shape index (κ1) is 21.7. The van der Waals surface area contributed by atoms with E-state index in [2.05, 4.69) is 25.5 Å². The number of nitrogens with one attached hydrogen (secondary N) is 1. The van der Waals surface area contributed by atoms with Crippen LogP contribution in [-0.2, 0) is 0 Å². The molecule has 34 heavy (non-hydrogen) atoms. The summed E-state index contributed by atoms with van der Waals surface area (Å²) >= 11 is 6.06. The molecule has 0 fully saturated rings. The number of carbonyl (C=O) groups excluding carboxylic acids is 1. The van der Waals surface area contributed by atoms with Crippen molar-refractivity contribution in [3.63, 3.8) is 0 Å². The molecule has 0 aliphatic rings. The molecule has 0 saturated heterocycles. The molecule has 3 aromatic heterocycles. The minimum absolute atomic E-state index is 0.0133. The van der Waals surface area contributed by atoms with Gasteiger partial charge in [0.2, 0.25) is 0 Å². The van der Waals surface area contributed by atoms with Gasteiger partial charge in [-0.2, -0.15) is 14.9 Å². The molecular formula is C24H19ClFN7O. The molecule has 0 unspecified atom stereocenters. The van der Waals surface area contributed by atoms with E-state index in [4.69, 9.17) is 11.6 Å². The number of hydrogen-bond acceptors (Lipinski definition) is 5. The molecular weight excluding hydrogens is 457 g/mol. The molecule has 0 saturated carbocycles. The van der Waals surface area contributed by atoms with Crippen LogP contribution in [-0.4, -0.2) is 35.4 Å². The standard InChI is InChI=1S/C24H19ClFN7O/c1-13-7-8-16(9-14(13)2)32-22-17(11-29-32)23(28-12-27-22)33-20(10-15(3)31-33)30-24(34)21-18(25)5-4-6-19(21)26/h4-12H,1-3H3,(H,30,34). The average molecular weight is 476 g/mol. The van der Waals surface area contributed by atoms with Gasteiger partial charge in [0.05, 0.1) is 33.6 Å². The Balaban J connectivity index is 1.58. The maximum absolute atomic E-state index is 14.3. The van der Waals surface area contributed by atoms with E-state index in [-0.39, 0.29) is 10.6 Å². The summed E-state index contributed by atoms with van der Waals surface area (Å²) in [5.74, 6) is -0.684. The van der Waals surface area contributed by atoms with Gasteiger partial charge in [0.25, 0.3) is 5.91 Å². The number of anilines is 1. The van der Waals surface area contributed by atoms with Gasteiger partial charge in [-0.05, 0) is 56.2 Å². The monoisotopic (exact) mass is 475 g/mol. The second kappa shape index (κ2) is 8.35. The minimum Gasteiger partial charge on any atom is -0.306 e. The molecule has 2 aromatic carbocycles. The first-order valence-corrected chi connectivity index (χ1v) is 10.8. The maximum Gasteiger partial charge on any atom is 0.261 e. The Hall–Kier alpha value is -4.11. The summed E-state index contributed by atoms with van der Waals surface area (Å²) < 4.78 is 17.5. The number of halogens is 2. The maximum atomic E-state index is 14.3. The fourth-order valence-electron chi connectivity index (χ4n) is 3.69. The van der Waals surface area contributed by atoms with Crippen LogP contribution in [0.4, 0.5) is 10.2 Å². The van der Waals surface area contributed by atoms with E-state index in [1.807, 2.05) is 32.0 Å². The lowest BCUT2D eigenvalue weighted by atomic mass is 10.1. The highest BCUT2D eigenvalue weighted by Crippen LogP contribution is 2.26. The molecule has 10 heteroatoms. The highest BCUT2D eigenvalue weighted by atomic mass is 35.5. The Morgan fingerprint density at radius 2 is 1.85 bits per heavy atom. The quantitative estimate of drug-likeness (QED) is 0.396. The molecule has 0 bridgehead atoms. The van der Waals surface area contributed by atoms with Crippen molar-refractivity contribution in [2.75, 3.05) is 5.32 Å². The Morgan fingerprint density at radius 1 is 1.03 bits per heavy atom. The highest BCUT2D eigenvalue weighted by Gasteiger charge is 2.21. The van der Waals surface area contributed by atoms with Crippen LogP contribution in [0.2, 0.25) is 5.02 Å². The summed E-state index contributed by atoms with van der Waals surface area (Å²) in [5, 5.41) is 12.3. The number of benzene rings is 2. The van der Waals surface area contributed by atoms with Crippen molar-refractivity contribution in [1.82, 2.24) is 29.5 Å². The van der Waals surface area contributed by atoms with Crippen molar-refractivity contribution in [2.24, 2.45) is 0 Å². The first-order chi connectivity index (χ1) is 16.3. The third kappa shape index (κ3) is 3.69. The smallest absolute Gasteiger partial charge is 0.261 e. The summed E-state index contributed by atoms with van der Waals surface area (Å²) in [6.07, 6.45) is 3.06. The van der Waals surface area contributed by atoms with Gasteiger partial charge in [-0.25, -0.2) is 19.0 Å². The summed E-state index contributed by atoms with van der Waals surface area (Å²) in [6, 6.07) is 11.8. The number of aryl methyl sites for hydroxylation is 3. The zero-order valence-corrected chi connectivity index (χ0v) is 19.3. The lowest BCUT2D eigenvalue weighted by Gasteiger charge is -2.10. The van der Waals surface area contributed by atoms with E-state index < -0.39 is 11.7 Å². The lowest BCUT2D eigenvalue weighted by Crippen LogP contribution is -2.17. The van der Waals surface area contributed by atoms with E-state index in [0.29, 0.717) is 28.4 Å². The number of aromatic nitrogens is 6. The molecule has 1 amide bonds. The fourth-order valence-corrected chi connectivity index (χ4v) is 3.94. The third-order valence-electron chi connectivity index (χ3n) is 5.54. The Bertz CT molecular complexity index is 1550. The topological polar surface area (TPSA) is 90.5 Å². The number of carbonyl (C=O) groups is 1. The van der Waals surface area contributed by atoms with Crippen molar-refractivity contribution in [2.45, 2.75) is 20.8 Å². The average Bonchev–Trinajstić information content (AvgIpc) is 3.39. The van der Waals surface area contributed by atoms with Crippen LogP contribution < -0.4 is 5.32 Å². The van der Waals surface area contributed by atoms with Crippen molar-refractivity contribution in [3.8, 4) is 11.5 Å². The second-order valence-electron chi connectivity index (χ2n) is 7.89. The van der Waals surface area contributed by atoms with Crippen LogP contribution in [0.25, 0.3) is 22.5 Å². The van der Waals surface area contributed by atoms with Crippen LogP contribution in [0.15, 0.2) is 55.0 Å². The molecule has 0 aliphatic heterocycles. The van der Waals surface area contributed by atoms with E-state index >= 15 is 0 Å². The largest absolute Gasteiger partial charge is 0.306 e. The minimum atomic E-state index is -0.716. The number of rotatable bonds is 4. The Kier molecular flexibility index (Phi) is 5.33. The van der Waals surface area contributed by atoms with Gasteiger partial charge in [-0.3, -0.25) is 4.79 Å². The van der Waals surface area contributed by atoms with E-state index in [9.17, 15) is 9.18 Å². The summed E-state index contributed by atoms with van der Waals surface area (Å²) in [4.78, 5) is 21.6. The van der Waals surface area contributed by atoms with Crippen molar-refractivity contribution >= 4 is 34.4 Å². The molecule has 8 nitrogen and oxygen atoms in total. The number of fused-ring (bicyclic) bond motifs is 1. The van der Waals surface area contributed by atoms with Crippen molar-refractivity contribution < 1.29 is 9.18 Å². The van der Waals surface area contributed by atoms with Gasteiger partial charge in [0.15, 0.2) is 11.5 Å². The molecule has 0 atom stereocenters. The molecule has 1 N–H and O–H groups in total. The predicted molar refractivity (Wildman–Crippen MR) is 127 cm³/mol. The second-order valence-corrected chi connectivity index (χ2v) is 8.30. The van der Waals surface area contributed by atoms with Gasteiger partial charge < -0.3 is 5.32 Å². The summed E-state index contributed by atoms with van der Waals surface area (Å²) in [7, 11) is 0. The highest BCUT2D eigenvalue weighted by molar-refractivity contribution is 6.34. The molecule has 5 rings (SSSR count). The number of nitrogens with zero attached hydrogens (tertiary/aromatic N) is 6. The molecule has 5 aromatic rings. The summed E-state index contributed by atoms with van der Waals surface area (Å²) in [6.45, 7) is 5.86. The third-order valence-corrected chi connectivity index (χ3v) is 5.86. The fraction of sp³-hybridized carbons (Fsp3) is 0.125. The predicted octanol–water partition coefficient (Wildman–Crippen LogP) is 4.97. The van der Waals surface area contributed by atoms with Gasteiger partial charge in [0, 0.05) is 6.07 Å². The molecule has 0 radical (unpaired) electrons. The van der Waals surface area contributed by atoms with Crippen LogP contribution in [0.1, 0.15) is 27.2 Å². The van der Waals surface area contributed by atoms with Gasteiger partial charge >= 0.3 is 0 Å². The van der Waals surface area contributed by atoms with Crippen LogP contribution in [0, 0.1) is 26.6 Å². The number of hydrogen-bond donors (Lipinski definition) is 1. The van der Waals surface area contributed by atoms with Crippen molar-refractivity contribution in [3.05, 3.63) is 88.2 Å². The van der Waals surface area contributed by atoms with Gasteiger partial charge in [-0.1, -0.05) is 23.7 Å². The Labute approximate surface area is 199 Å². The van der Waals surface area contributed by atoms with Crippen LogP contribution in [0.5, 0.6) is 0 Å².